The lowest BCUT2D eigenvalue weighted by molar-refractivity contribution is -0.192. The number of unbranched alkanes of at least 4 members (excludes halogenated alkanes) is 1. The van der Waals surface area contributed by atoms with Crippen LogP contribution >= 0.6 is 15.9 Å². The number of benzene rings is 1. The molecule has 21 heavy (non-hydrogen) atoms. The molecule has 0 atom stereocenters. The summed E-state index contributed by atoms with van der Waals surface area (Å²) in [5.74, 6) is -1.12. The second-order valence-corrected chi connectivity index (χ2v) is 5.34. The molecule has 0 spiro atoms. The molecule has 1 aromatic carbocycles. The zero-order valence-corrected chi connectivity index (χ0v) is 13.4. The minimum Gasteiger partial charge on any atom is -0.481 e. The minimum atomic E-state index is -0.948. The van der Waals surface area contributed by atoms with Gasteiger partial charge in [-0.2, -0.15) is 0 Å². The Balaban J connectivity index is 2.50. The Hall–Kier alpha value is -1.40. The summed E-state index contributed by atoms with van der Waals surface area (Å²) in [6, 6.07) is 9.46. The fraction of sp³-hybridized carbons (Fsp3) is 0.467. The smallest absolute Gasteiger partial charge is 0.305 e. The van der Waals surface area contributed by atoms with Crippen molar-refractivity contribution in [2.45, 2.75) is 32.3 Å². The Morgan fingerprint density at radius 2 is 1.86 bits per heavy atom. The molecule has 0 saturated heterocycles. The third kappa shape index (κ3) is 7.82. The van der Waals surface area contributed by atoms with E-state index in [0.29, 0.717) is 6.42 Å². The lowest BCUT2D eigenvalue weighted by atomic mass is 10.2. The normalized spacial score (nSPS) is 10.3. The van der Waals surface area contributed by atoms with E-state index in [-0.39, 0.29) is 25.5 Å². The van der Waals surface area contributed by atoms with E-state index < -0.39 is 5.97 Å². The molecule has 0 heterocycles. The highest BCUT2D eigenvalue weighted by Crippen LogP contribution is 2.08. The van der Waals surface area contributed by atoms with Crippen LogP contribution in [-0.2, 0) is 21.0 Å². The molecule has 0 radical (unpaired) electrons. The quantitative estimate of drug-likeness (QED) is 0.397. The molecule has 1 N–H and O–H groups in total. The van der Waals surface area contributed by atoms with Crippen LogP contribution in [0.4, 0.5) is 0 Å². The summed E-state index contributed by atoms with van der Waals surface area (Å²) < 4.78 is 0. The number of halogens is 1. The van der Waals surface area contributed by atoms with E-state index in [9.17, 15) is 9.59 Å². The van der Waals surface area contributed by atoms with Gasteiger partial charge in [-0.1, -0.05) is 46.3 Å². The highest BCUT2D eigenvalue weighted by molar-refractivity contribution is 9.09. The molecule has 116 valence electrons. The lowest BCUT2D eigenvalue weighted by Crippen LogP contribution is -2.33. The van der Waals surface area contributed by atoms with Gasteiger partial charge in [-0.3, -0.25) is 14.4 Å². The number of alkyl halides is 1. The molecule has 0 bridgehead atoms. The fourth-order valence-corrected chi connectivity index (χ4v) is 2.08. The number of hydrogen-bond donors (Lipinski definition) is 1. The van der Waals surface area contributed by atoms with Gasteiger partial charge in [0.15, 0.2) is 0 Å². The third-order valence-electron chi connectivity index (χ3n) is 2.81. The standard InChI is InChI=1S/C15H20BrNO4/c16-10-5-4-8-14(18)17(11-9-15(19)20)21-12-13-6-2-1-3-7-13/h1-3,6-7H,4-5,8-12H2,(H,19,20). The van der Waals surface area contributed by atoms with Crippen molar-refractivity contribution in [2.24, 2.45) is 0 Å². The predicted octanol–water partition coefficient (Wildman–Crippen LogP) is 2.99. The lowest BCUT2D eigenvalue weighted by Gasteiger charge is -2.21. The maximum absolute atomic E-state index is 12.0. The van der Waals surface area contributed by atoms with Gasteiger partial charge in [0.1, 0.15) is 6.61 Å². The molecule has 5 nitrogen and oxygen atoms in total. The maximum atomic E-state index is 12.0. The van der Waals surface area contributed by atoms with Gasteiger partial charge in [0.05, 0.1) is 13.0 Å². The molecule has 0 aromatic heterocycles. The summed E-state index contributed by atoms with van der Waals surface area (Å²) >= 11 is 3.31. The van der Waals surface area contributed by atoms with Gasteiger partial charge >= 0.3 is 5.97 Å². The number of nitrogens with zero attached hydrogens (tertiary/aromatic N) is 1. The van der Waals surface area contributed by atoms with E-state index in [1.165, 1.54) is 5.06 Å². The van der Waals surface area contributed by atoms with Crippen LogP contribution in [0.25, 0.3) is 0 Å². The van der Waals surface area contributed by atoms with Crippen LogP contribution in [0.3, 0.4) is 0 Å². The fourth-order valence-electron chi connectivity index (χ4n) is 1.68. The number of carboxylic acids is 1. The zero-order valence-electron chi connectivity index (χ0n) is 11.8. The number of hydroxylamine groups is 2. The van der Waals surface area contributed by atoms with E-state index in [2.05, 4.69) is 15.9 Å². The van der Waals surface area contributed by atoms with Crippen LogP contribution in [0.2, 0.25) is 0 Å². The van der Waals surface area contributed by atoms with Crippen molar-refractivity contribution >= 4 is 27.8 Å². The molecular formula is C15H20BrNO4. The van der Waals surface area contributed by atoms with Crippen LogP contribution in [0.1, 0.15) is 31.2 Å². The first kappa shape index (κ1) is 17.7. The zero-order chi connectivity index (χ0) is 15.5. The predicted molar refractivity (Wildman–Crippen MR) is 82.8 cm³/mol. The Kier molecular flexibility index (Phi) is 8.69. The van der Waals surface area contributed by atoms with Gasteiger partial charge in [0.25, 0.3) is 0 Å². The highest BCUT2D eigenvalue weighted by Gasteiger charge is 2.15. The molecule has 0 aliphatic carbocycles. The molecule has 0 unspecified atom stereocenters. The second-order valence-electron chi connectivity index (χ2n) is 4.54. The van der Waals surface area contributed by atoms with Crippen LogP contribution in [-0.4, -0.2) is 33.9 Å². The molecule has 0 aliphatic heterocycles. The number of hydrogen-bond acceptors (Lipinski definition) is 3. The SMILES string of the molecule is O=C(O)CCN(OCc1ccccc1)C(=O)CCCCBr. The monoisotopic (exact) mass is 357 g/mol. The van der Waals surface area contributed by atoms with Gasteiger partial charge in [-0.15, -0.1) is 0 Å². The summed E-state index contributed by atoms with van der Waals surface area (Å²) in [7, 11) is 0. The first-order valence-corrected chi connectivity index (χ1v) is 8.00. The molecule has 0 fully saturated rings. The van der Waals surface area contributed by atoms with Gasteiger partial charge < -0.3 is 5.11 Å². The van der Waals surface area contributed by atoms with E-state index in [0.717, 1.165) is 23.7 Å². The van der Waals surface area contributed by atoms with Crippen LogP contribution in [0.5, 0.6) is 0 Å². The topological polar surface area (TPSA) is 66.8 Å². The number of rotatable bonds is 10. The summed E-state index contributed by atoms with van der Waals surface area (Å²) in [6.07, 6.45) is 1.89. The number of aliphatic carboxylic acids is 1. The van der Waals surface area contributed by atoms with Gasteiger partial charge in [-0.05, 0) is 18.4 Å². The third-order valence-corrected chi connectivity index (χ3v) is 3.37. The molecule has 0 aliphatic rings. The Bertz CT molecular complexity index is 439. The van der Waals surface area contributed by atoms with Gasteiger partial charge in [0, 0.05) is 11.8 Å². The van der Waals surface area contributed by atoms with E-state index >= 15 is 0 Å². The molecule has 1 amide bonds. The average Bonchev–Trinajstić information content (AvgIpc) is 2.48. The molecule has 0 saturated carbocycles. The Labute approximate surface area is 133 Å². The minimum absolute atomic E-state index is 0.0648. The first-order valence-electron chi connectivity index (χ1n) is 6.88. The number of amides is 1. The summed E-state index contributed by atoms with van der Waals surface area (Å²) in [5.41, 5.74) is 0.936. The van der Waals surface area contributed by atoms with Crippen LogP contribution in [0, 0.1) is 0 Å². The average molecular weight is 358 g/mol. The van der Waals surface area contributed by atoms with Crippen molar-refractivity contribution in [3.63, 3.8) is 0 Å². The van der Waals surface area contributed by atoms with Crippen LogP contribution in [0.15, 0.2) is 30.3 Å². The number of carbonyl (C=O) groups is 2. The second kappa shape index (κ2) is 10.3. The largest absolute Gasteiger partial charge is 0.481 e. The number of carboxylic acid groups (broad SMARTS) is 1. The van der Waals surface area contributed by atoms with Gasteiger partial charge in [-0.25, -0.2) is 5.06 Å². The van der Waals surface area contributed by atoms with Crippen molar-refractivity contribution in [3.05, 3.63) is 35.9 Å². The summed E-state index contributed by atoms with van der Waals surface area (Å²) in [6.45, 7) is 0.319. The van der Waals surface area contributed by atoms with E-state index in [1.54, 1.807) is 0 Å². The molecular weight excluding hydrogens is 338 g/mol. The highest BCUT2D eigenvalue weighted by atomic mass is 79.9. The summed E-state index contributed by atoms with van der Waals surface area (Å²) in [4.78, 5) is 28.2. The molecule has 1 rings (SSSR count). The Morgan fingerprint density at radius 1 is 1.14 bits per heavy atom. The van der Waals surface area contributed by atoms with Crippen molar-refractivity contribution in [2.75, 3.05) is 11.9 Å². The van der Waals surface area contributed by atoms with Crippen molar-refractivity contribution in [3.8, 4) is 0 Å². The summed E-state index contributed by atoms with van der Waals surface area (Å²) in [5, 5.41) is 10.8. The van der Waals surface area contributed by atoms with E-state index in [4.69, 9.17) is 9.94 Å². The van der Waals surface area contributed by atoms with Gasteiger partial charge in [0.2, 0.25) is 5.91 Å². The number of carbonyl (C=O) groups excluding carboxylic acids is 1. The van der Waals surface area contributed by atoms with E-state index in [1.807, 2.05) is 30.3 Å². The van der Waals surface area contributed by atoms with Crippen molar-refractivity contribution in [1.29, 1.82) is 0 Å². The molecule has 6 heteroatoms. The Morgan fingerprint density at radius 3 is 2.48 bits per heavy atom. The maximum Gasteiger partial charge on any atom is 0.305 e. The molecule has 1 aromatic rings. The van der Waals surface area contributed by atoms with Crippen molar-refractivity contribution in [1.82, 2.24) is 5.06 Å². The van der Waals surface area contributed by atoms with Crippen LogP contribution < -0.4 is 0 Å². The van der Waals surface area contributed by atoms with Crippen molar-refractivity contribution < 1.29 is 19.5 Å². The first-order chi connectivity index (χ1) is 10.1.